The average molecular weight is 232 g/mol. The fourth-order valence-electron chi connectivity index (χ4n) is 2.60. The highest BCUT2D eigenvalue weighted by atomic mass is 15.1. The fourth-order valence-corrected chi connectivity index (χ4v) is 2.60. The van der Waals surface area contributed by atoms with Crippen molar-refractivity contribution in [1.29, 1.82) is 0 Å². The Labute approximate surface area is 105 Å². The minimum atomic E-state index is 0.741. The van der Waals surface area contributed by atoms with Gasteiger partial charge in [0.2, 0.25) is 0 Å². The molecule has 2 nitrogen and oxygen atoms in total. The molecule has 1 heterocycles. The molecule has 0 atom stereocenters. The molecular weight excluding hydrogens is 208 g/mol. The molecule has 1 aliphatic heterocycles. The van der Waals surface area contributed by atoms with Gasteiger partial charge in [0, 0.05) is 12.6 Å². The first-order chi connectivity index (χ1) is 8.28. The number of likely N-dealkylation sites (tertiary alicyclic amines) is 1. The number of piperidine rings is 1. The van der Waals surface area contributed by atoms with Crippen LogP contribution in [0.2, 0.25) is 0 Å². The van der Waals surface area contributed by atoms with E-state index in [1.54, 1.807) is 0 Å². The molecule has 0 bridgehead atoms. The van der Waals surface area contributed by atoms with Crippen LogP contribution >= 0.6 is 0 Å². The molecule has 1 N–H and O–H groups in total. The van der Waals surface area contributed by atoms with Crippen LogP contribution in [0.3, 0.4) is 0 Å². The summed E-state index contributed by atoms with van der Waals surface area (Å²) in [6.45, 7) is 5.87. The van der Waals surface area contributed by atoms with E-state index >= 15 is 0 Å². The van der Waals surface area contributed by atoms with Gasteiger partial charge in [-0.2, -0.15) is 0 Å². The molecule has 0 spiro atoms. The summed E-state index contributed by atoms with van der Waals surface area (Å²) in [5.41, 5.74) is 2.84. The molecular formula is C15H24N2. The lowest BCUT2D eigenvalue weighted by atomic mass is 10.0. The van der Waals surface area contributed by atoms with Crippen molar-refractivity contribution in [3.63, 3.8) is 0 Å². The number of rotatable bonds is 4. The van der Waals surface area contributed by atoms with E-state index < -0.39 is 0 Å². The van der Waals surface area contributed by atoms with Gasteiger partial charge in [-0.15, -0.1) is 0 Å². The van der Waals surface area contributed by atoms with Crippen molar-refractivity contribution in [2.24, 2.45) is 0 Å². The Morgan fingerprint density at radius 2 is 2.06 bits per heavy atom. The average Bonchev–Trinajstić information content (AvgIpc) is 2.37. The zero-order chi connectivity index (χ0) is 12.1. The third-order valence-corrected chi connectivity index (χ3v) is 3.80. The lowest BCUT2D eigenvalue weighted by Gasteiger charge is -2.31. The van der Waals surface area contributed by atoms with Crippen molar-refractivity contribution < 1.29 is 0 Å². The number of hydrogen-bond donors (Lipinski definition) is 1. The summed E-state index contributed by atoms with van der Waals surface area (Å²) >= 11 is 0. The molecule has 0 unspecified atom stereocenters. The largest absolute Gasteiger partial charge is 0.317 e. The summed E-state index contributed by atoms with van der Waals surface area (Å²) in [4.78, 5) is 2.59. The van der Waals surface area contributed by atoms with Gasteiger partial charge in [0.05, 0.1) is 0 Å². The first-order valence-corrected chi connectivity index (χ1v) is 6.73. The number of benzene rings is 1. The zero-order valence-electron chi connectivity index (χ0n) is 11.1. The SMILES string of the molecule is CNC1CCN(CCc2cccc(C)c2)CC1. The highest BCUT2D eigenvalue weighted by Gasteiger charge is 2.16. The predicted molar refractivity (Wildman–Crippen MR) is 73.4 cm³/mol. The molecule has 0 aliphatic carbocycles. The first-order valence-electron chi connectivity index (χ1n) is 6.73. The summed E-state index contributed by atoms with van der Waals surface area (Å²) in [5, 5.41) is 3.38. The molecule has 1 fully saturated rings. The van der Waals surface area contributed by atoms with Gasteiger partial charge in [0.15, 0.2) is 0 Å². The predicted octanol–water partition coefficient (Wildman–Crippen LogP) is 2.22. The molecule has 17 heavy (non-hydrogen) atoms. The lowest BCUT2D eigenvalue weighted by molar-refractivity contribution is 0.204. The van der Waals surface area contributed by atoms with Gasteiger partial charge in [-0.3, -0.25) is 0 Å². The van der Waals surface area contributed by atoms with Crippen molar-refractivity contribution in [1.82, 2.24) is 10.2 Å². The van der Waals surface area contributed by atoms with Crippen LogP contribution in [0, 0.1) is 6.92 Å². The van der Waals surface area contributed by atoms with Gasteiger partial charge in [0.1, 0.15) is 0 Å². The summed E-state index contributed by atoms with van der Waals surface area (Å²) in [6.07, 6.45) is 3.78. The Bertz CT molecular complexity index is 341. The maximum atomic E-state index is 3.38. The van der Waals surface area contributed by atoms with E-state index in [-0.39, 0.29) is 0 Å². The summed E-state index contributed by atoms with van der Waals surface area (Å²) in [7, 11) is 2.08. The second-order valence-electron chi connectivity index (χ2n) is 5.14. The van der Waals surface area contributed by atoms with Gasteiger partial charge in [0.25, 0.3) is 0 Å². The minimum absolute atomic E-state index is 0.741. The summed E-state index contributed by atoms with van der Waals surface area (Å²) in [5.74, 6) is 0. The number of aryl methyl sites for hydroxylation is 1. The van der Waals surface area contributed by atoms with Crippen LogP contribution in [0.1, 0.15) is 24.0 Å². The van der Waals surface area contributed by atoms with E-state index in [4.69, 9.17) is 0 Å². The van der Waals surface area contributed by atoms with Crippen LogP contribution < -0.4 is 5.32 Å². The van der Waals surface area contributed by atoms with Crippen molar-refractivity contribution in [3.05, 3.63) is 35.4 Å². The molecule has 0 amide bonds. The Kier molecular flexibility index (Phi) is 4.57. The van der Waals surface area contributed by atoms with Crippen LogP contribution in [0.15, 0.2) is 24.3 Å². The van der Waals surface area contributed by atoms with Crippen LogP contribution in [-0.4, -0.2) is 37.6 Å². The molecule has 1 saturated heterocycles. The van der Waals surface area contributed by atoms with Gasteiger partial charge < -0.3 is 10.2 Å². The topological polar surface area (TPSA) is 15.3 Å². The third-order valence-electron chi connectivity index (χ3n) is 3.80. The molecule has 94 valence electrons. The van der Waals surface area contributed by atoms with Crippen molar-refractivity contribution in [2.45, 2.75) is 32.2 Å². The number of nitrogens with zero attached hydrogens (tertiary/aromatic N) is 1. The van der Waals surface area contributed by atoms with Crippen LogP contribution in [0.5, 0.6) is 0 Å². The molecule has 0 aromatic heterocycles. The summed E-state index contributed by atoms with van der Waals surface area (Å²) in [6, 6.07) is 9.62. The molecule has 1 aromatic rings. The second kappa shape index (κ2) is 6.18. The normalized spacial score (nSPS) is 18.5. The van der Waals surface area contributed by atoms with Gasteiger partial charge >= 0.3 is 0 Å². The number of nitrogens with one attached hydrogen (secondary N) is 1. The molecule has 1 aliphatic rings. The molecule has 0 saturated carbocycles. The fraction of sp³-hybridized carbons (Fsp3) is 0.600. The monoisotopic (exact) mass is 232 g/mol. The Morgan fingerprint density at radius 1 is 1.29 bits per heavy atom. The highest BCUT2D eigenvalue weighted by molar-refractivity contribution is 5.22. The van der Waals surface area contributed by atoms with Crippen molar-refractivity contribution in [2.75, 3.05) is 26.7 Å². The Hall–Kier alpha value is -0.860. The molecule has 0 radical (unpaired) electrons. The first kappa shape index (κ1) is 12.6. The standard InChI is InChI=1S/C15H24N2/c1-13-4-3-5-14(12-13)6-9-17-10-7-15(16-2)8-11-17/h3-5,12,15-16H,6-11H2,1-2H3. The van der Waals surface area contributed by atoms with Crippen molar-refractivity contribution >= 4 is 0 Å². The van der Waals surface area contributed by atoms with Gasteiger partial charge in [-0.25, -0.2) is 0 Å². The smallest absolute Gasteiger partial charge is 0.00884 e. The van der Waals surface area contributed by atoms with Gasteiger partial charge in [-0.1, -0.05) is 29.8 Å². The van der Waals surface area contributed by atoms with E-state index in [0.29, 0.717) is 0 Å². The van der Waals surface area contributed by atoms with Crippen LogP contribution in [0.25, 0.3) is 0 Å². The number of hydrogen-bond acceptors (Lipinski definition) is 2. The highest BCUT2D eigenvalue weighted by Crippen LogP contribution is 2.11. The lowest BCUT2D eigenvalue weighted by Crippen LogP contribution is -2.41. The minimum Gasteiger partial charge on any atom is -0.317 e. The Morgan fingerprint density at radius 3 is 2.71 bits per heavy atom. The van der Waals surface area contributed by atoms with E-state index in [9.17, 15) is 0 Å². The summed E-state index contributed by atoms with van der Waals surface area (Å²) < 4.78 is 0. The third kappa shape index (κ3) is 3.83. The quantitative estimate of drug-likeness (QED) is 0.856. The maximum Gasteiger partial charge on any atom is 0.00884 e. The van der Waals surface area contributed by atoms with E-state index in [1.807, 2.05) is 0 Å². The maximum absolute atomic E-state index is 3.38. The van der Waals surface area contributed by atoms with E-state index in [1.165, 1.54) is 50.0 Å². The second-order valence-corrected chi connectivity index (χ2v) is 5.14. The van der Waals surface area contributed by atoms with Gasteiger partial charge in [-0.05, 0) is 51.9 Å². The van der Waals surface area contributed by atoms with Crippen LogP contribution in [-0.2, 0) is 6.42 Å². The molecule has 1 aromatic carbocycles. The van der Waals surface area contributed by atoms with Crippen molar-refractivity contribution in [3.8, 4) is 0 Å². The van der Waals surface area contributed by atoms with E-state index in [0.717, 1.165) is 6.04 Å². The Balaban J connectivity index is 1.76. The van der Waals surface area contributed by atoms with E-state index in [2.05, 4.69) is 48.5 Å². The molecule has 2 heteroatoms. The zero-order valence-corrected chi connectivity index (χ0v) is 11.1. The van der Waals surface area contributed by atoms with Crippen LogP contribution in [0.4, 0.5) is 0 Å². The molecule has 2 rings (SSSR count).